The molecular formula is C28H21ClOS. The van der Waals surface area contributed by atoms with E-state index in [1.165, 1.54) is 27.2 Å². The summed E-state index contributed by atoms with van der Waals surface area (Å²) < 4.78 is 6.52. The minimum Gasteiger partial charge on any atom is -0.456 e. The van der Waals surface area contributed by atoms with Crippen LogP contribution < -0.4 is 4.74 Å². The van der Waals surface area contributed by atoms with Gasteiger partial charge in [0.1, 0.15) is 11.5 Å². The minimum absolute atomic E-state index is 0.142. The molecule has 5 rings (SSSR count). The van der Waals surface area contributed by atoms with Crippen molar-refractivity contribution >= 4 is 34.7 Å². The van der Waals surface area contributed by atoms with Gasteiger partial charge in [0.25, 0.3) is 0 Å². The van der Waals surface area contributed by atoms with E-state index in [1.54, 1.807) is 0 Å². The van der Waals surface area contributed by atoms with Gasteiger partial charge in [0, 0.05) is 21.1 Å². The number of thioether (sulfide) groups is 1. The minimum atomic E-state index is 0.142. The lowest BCUT2D eigenvalue weighted by molar-refractivity contribution is 0.518. The highest BCUT2D eigenvalue weighted by Crippen LogP contribution is 2.54. The van der Waals surface area contributed by atoms with Gasteiger partial charge < -0.3 is 4.74 Å². The van der Waals surface area contributed by atoms with Crippen molar-refractivity contribution in [2.24, 2.45) is 0 Å². The Morgan fingerprint density at radius 2 is 1.42 bits per heavy atom. The molecule has 1 aliphatic carbocycles. The molecule has 3 heteroatoms. The van der Waals surface area contributed by atoms with Crippen molar-refractivity contribution < 1.29 is 4.74 Å². The van der Waals surface area contributed by atoms with Crippen LogP contribution in [-0.2, 0) is 0 Å². The smallest absolute Gasteiger partial charge is 0.140 e. The lowest BCUT2D eigenvalue weighted by Gasteiger charge is -2.17. The predicted octanol–water partition coefficient (Wildman–Crippen LogP) is 8.44. The molecule has 0 amide bonds. The Labute approximate surface area is 192 Å². The molecule has 1 unspecified atom stereocenters. The van der Waals surface area contributed by atoms with Crippen LogP contribution in [0.25, 0.3) is 11.3 Å². The number of ether oxygens (including phenoxy) is 1. The van der Waals surface area contributed by atoms with Gasteiger partial charge in [0.15, 0.2) is 0 Å². The molecule has 1 aliphatic rings. The fourth-order valence-corrected chi connectivity index (χ4v) is 5.24. The largest absolute Gasteiger partial charge is 0.456 e. The highest BCUT2D eigenvalue weighted by molar-refractivity contribution is 8.00. The average Bonchev–Trinajstić information content (AvgIpc) is 3.10. The molecule has 0 aromatic heterocycles. The first kappa shape index (κ1) is 20.0. The van der Waals surface area contributed by atoms with Crippen molar-refractivity contribution in [3.8, 4) is 5.75 Å². The van der Waals surface area contributed by atoms with E-state index < -0.39 is 0 Å². The van der Waals surface area contributed by atoms with Crippen molar-refractivity contribution in [1.82, 2.24) is 0 Å². The normalized spacial score (nSPS) is 15.1. The Kier molecular flexibility index (Phi) is 5.59. The van der Waals surface area contributed by atoms with Gasteiger partial charge in [-0.3, -0.25) is 0 Å². The van der Waals surface area contributed by atoms with Gasteiger partial charge >= 0.3 is 0 Å². The van der Waals surface area contributed by atoms with E-state index in [0.29, 0.717) is 5.02 Å². The van der Waals surface area contributed by atoms with Gasteiger partial charge in [-0.1, -0.05) is 83.9 Å². The number of hydrogen-bond acceptors (Lipinski definition) is 2. The van der Waals surface area contributed by atoms with Crippen LogP contribution in [0.3, 0.4) is 0 Å². The van der Waals surface area contributed by atoms with Gasteiger partial charge in [-0.15, -0.1) is 11.8 Å². The van der Waals surface area contributed by atoms with E-state index >= 15 is 0 Å². The van der Waals surface area contributed by atoms with Crippen LogP contribution in [0.4, 0.5) is 0 Å². The number of halogens is 1. The summed E-state index contributed by atoms with van der Waals surface area (Å²) in [5.41, 5.74) is 6.05. The lowest BCUT2D eigenvalue weighted by Crippen LogP contribution is -1.97. The van der Waals surface area contributed by atoms with Gasteiger partial charge in [-0.25, -0.2) is 0 Å². The summed E-state index contributed by atoms with van der Waals surface area (Å²) in [5, 5.41) is 0.841. The molecule has 0 radical (unpaired) electrons. The maximum Gasteiger partial charge on any atom is 0.140 e. The van der Waals surface area contributed by atoms with Crippen LogP contribution in [0.1, 0.15) is 27.5 Å². The molecule has 1 nitrogen and oxygen atoms in total. The number of hydrogen-bond donors (Lipinski definition) is 0. The molecule has 4 aromatic rings. The molecule has 0 fully saturated rings. The molecule has 4 aromatic carbocycles. The fraction of sp³-hybridized carbons (Fsp3) is 0.0714. The summed E-state index contributed by atoms with van der Waals surface area (Å²) in [6, 6.07) is 35.4. The van der Waals surface area contributed by atoms with Crippen molar-refractivity contribution in [2.75, 3.05) is 0 Å². The predicted molar refractivity (Wildman–Crippen MR) is 132 cm³/mol. The number of rotatable bonds is 5. The topological polar surface area (TPSA) is 9.23 Å². The molecule has 152 valence electrons. The highest BCUT2D eigenvalue weighted by Gasteiger charge is 2.34. The molecule has 0 bridgehead atoms. The Morgan fingerprint density at radius 3 is 2.16 bits per heavy atom. The number of fused-ring (bicyclic) bond motifs is 1. The monoisotopic (exact) mass is 440 g/mol. The molecule has 1 atom stereocenters. The van der Waals surface area contributed by atoms with E-state index in [1.807, 2.05) is 42.1 Å². The van der Waals surface area contributed by atoms with Crippen LogP contribution >= 0.6 is 23.4 Å². The fourth-order valence-electron chi connectivity index (χ4n) is 3.86. The van der Waals surface area contributed by atoms with Crippen LogP contribution in [0.15, 0.2) is 108 Å². The summed E-state index contributed by atoms with van der Waals surface area (Å²) in [6.45, 7) is 2.12. The summed E-state index contributed by atoms with van der Waals surface area (Å²) >= 11 is 7.95. The number of benzene rings is 4. The third-order valence-corrected chi connectivity index (χ3v) is 6.91. The van der Waals surface area contributed by atoms with Gasteiger partial charge in [-0.05, 0) is 54.4 Å². The zero-order chi connectivity index (χ0) is 21.2. The van der Waals surface area contributed by atoms with Crippen molar-refractivity contribution in [2.45, 2.75) is 17.1 Å². The zero-order valence-electron chi connectivity index (χ0n) is 17.1. The number of aryl methyl sites for hydroxylation is 1. The third kappa shape index (κ3) is 4.14. The summed E-state index contributed by atoms with van der Waals surface area (Å²) in [7, 11) is 0. The van der Waals surface area contributed by atoms with E-state index in [0.717, 1.165) is 17.1 Å². The molecule has 0 spiro atoms. The average molecular weight is 441 g/mol. The second kappa shape index (κ2) is 8.66. The first-order valence-corrected chi connectivity index (χ1v) is 11.5. The molecule has 0 aliphatic heterocycles. The Balaban J connectivity index is 1.65. The highest BCUT2D eigenvalue weighted by atomic mass is 35.5. The van der Waals surface area contributed by atoms with Gasteiger partial charge in [0.05, 0.1) is 5.25 Å². The lowest BCUT2D eigenvalue weighted by atomic mass is 10.0. The summed E-state index contributed by atoms with van der Waals surface area (Å²) in [6.07, 6.45) is 0. The van der Waals surface area contributed by atoms with Crippen molar-refractivity contribution in [3.63, 3.8) is 0 Å². The van der Waals surface area contributed by atoms with E-state index in [-0.39, 0.29) is 5.25 Å². The Hall–Kier alpha value is -2.94. The summed E-state index contributed by atoms with van der Waals surface area (Å²) in [5.74, 6) is 1.69. The molecule has 0 heterocycles. The molecule has 0 saturated heterocycles. The zero-order valence-corrected chi connectivity index (χ0v) is 18.7. The van der Waals surface area contributed by atoms with E-state index in [4.69, 9.17) is 16.3 Å². The van der Waals surface area contributed by atoms with E-state index in [2.05, 4.69) is 79.7 Å². The quantitative estimate of drug-likeness (QED) is 0.308. The van der Waals surface area contributed by atoms with E-state index in [9.17, 15) is 0 Å². The summed E-state index contributed by atoms with van der Waals surface area (Å²) in [4.78, 5) is 1.24. The van der Waals surface area contributed by atoms with Gasteiger partial charge in [-0.2, -0.15) is 0 Å². The molecule has 0 saturated carbocycles. The van der Waals surface area contributed by atoms with Crippen molar-refractivity contribution in [1.29, 1.82) is 0 Å². The first-order chi connectivity index (χ1) is 15.2. The Bertz CT molecular complexity index is 1230. The van der Waals surface area contributed by atoms with Crippen LogP contribution in [0.5, 0.6) is 5.75 Å². The molecular weight excluding hydrogens is 420 g/mol. The standard InChI is InChI=1S/C28H21ClOS/c1-19-11-17-23(18-12-19)31-28-25-10-6-5-9-24(25)27(26(28)20-7-3-2-4-8-20)30-22-15-13-21(29)14-16-22/h2-18,28H,1H3. The molecule has 0 N–H and O–H groups in total. The maximum atomic E-state index is 6.52. The van der Waals surface area contributed by atoms with Crippen LogP contribution in [0, 0.1) is 6.92 Å². The first-order valence-electron chi connectivity index (χ1n) is 10.2. The van der Waals surface area contributed by atoms with Gasteiger partial charge in [0.2, 0.25) is 0 Å². The second-order valence-corrected chi connectivity index (χ2v) is 9.18. The second-order valence-electron chi connectivity index (χ2n) is 7.56. The molecule has 31 heavy (non-hydrogen) atoms. The third-order valence-electron chi connectivity index (χ3n) is 5.39. The Morgan fingerprint density at radius 1 is 0.742 bits per heavy atom. The van der Waals surface area contributed by atoms with Crippen LogP contribution in [-0.4, -0.2) is 0 Å². The van der Waals surface area contributed by atoms with Crippen molar-refractivity contribution in [3.05, 3.63) is 130 Å². The maximum absolute atomic E-state index is 6.52. The SMILES string of the molecule is Cc1ccc(SC2C(c3ccccc3)=C(Oc3ccc(Cl)cc3)c3ccccc32)cc1. The van der Waals surface area contributed by atoms with Crippen LogP contribution in [0.2, 0.25) is 5.02 Å².